The highest BCUT2D eigenvalue weighted by Gasteiger charge is 2.29. The Hall–Kier alpha value is -2.96. The Morgan fingerprint density at radius 1 is 1.19 bits per heavy atom. The Bertz CT molecular complexity index is 871. The van der Waals surface area contributed by atoms with Gasteiger partial charge in [-0.25, -0.2) is 0 Å². The van der Waals surface area contributed by atoms with Gasteiger partial charge in [0.1, 0.15) is 0 Å². The van der Waals surface area contributed by atoms with Crippen molar-refractivity contribution in [3.8, 4) is 11.4 Å². The molecule has 7 heteroatoms. The van der Waals surface area contributed by atoms with E-state index in [0.717, 1.165) is 30.2 Å². The standard InChI is InChI=1S/C19H22N6O/c1-15-13-23(18(26)9-5-11-24-12-6-10-20-24)14-17-21-22-19(25(15)17)16-7-3-2-4-8-16/h2-4,6-8,10,12,15H,5,9,11,13-14H2,1H3/t15-/m0/s1. The van der Waals surface area contributed by atoms with Gasteiger partial charge in [0.2, 0.25) is 5.91 Å². The largest absolute Gasteiger partial charge is 0.333 e. The number of amides is 1. The predicted octanol–water partition coefficient (Wildman–Crippen LogP) is 2.53. The van der Waals surface area contributed by atoms with Crippen LogP contribution in [-0.4, -0.2) is 41.9 Å². The second-order valence-electron chi connectivity index (χ2n) is 6.67. The van der Waals surface area contributed by atoms with Crippen molar-refractivity contribution in [3.05, 3.63) is 54.6 Å². The van der Waals surface area contributed by atoms with E-state index in [1.807, 2.05) is 52.2 Å². The first-order chi connectivity index (χ1) is 12.7. The van der Waals surface area contributed by atoms with E-state index in [4.69, 9.17) is 0 Å². The third-order valence-electron chi connectivity index (χ3n) is 4.75. The Balaban J connectivity index is 1.43. The highest BCUT2D eigenvalue weighted by Crippen LogP contribution is 2.27. The molecular formula is C19H22N6O. The first-order valence-corrected chi connectivity index (χ1v) is 8.97. The van der Waals surface area contributed by atoms with Gasteiger partial charge in [-0.1, -0.05) is 30.3 Å². The molecular weight excluding hydrogens is 328 g/mol. The minimum atomic E-state index is 0.152. The Labute approximate surface area is 152 Å². The van der Waals surface area contributed by atoms with Crippen molar-refractivity contribution in [3.63, 3.8) is 0 Å². The number of carbonyl (C=O) groups is 1. The maximum Gasteiger partial charge on any atom is 0.223 e. The molecule has 0 saturated heterocycles. The lowest BCUT2D eigenvalue weighted by Gasteiger charge is -2.32. The molecule has 0 bridgehead atoms. The summed E-state index contributed by atoms with van der Waals surface area (Å²) in [5, 5.41) is 12.9. The van der Waals surface area contributed by atoms with E-state index in [0.29, 0.717) is 19.5 Å². The molecule has 0 N–H and O–H groups in total. The molecule has 0 fully saturated rings. The second-order valence-corrected chi connectivity index (χ2v) is 6.67. The molecule has 4 rings (SSSR count). The van der Waals surface area contributed by atoms with Crippen molar-refractivity contribution in [2.75, 3.05) is 6.54 Å². The van der Waals surface area contributed by atoms with E-state index in [1.165, 1.54) is 0 Å². The number of fused-ring (bicyclic) bond motifs is 1. The predicted molar refractivity (Wildman–Crippen MR) is 97.0 cm³/mol. The quantitative estimate of drug-likeness (QED) is 0.709. The fraction of sp³-hybridized carbons (Fsp3) is 0.368. The summed E-state index contributed by atoms with van der Waals surface area (Å²) in [6, 6.07) is 12.1. The van der Waals surface area contributed by atoms with Gasteiger partial charge in [0.05, 0.1) is 12.6 Å². The summed E-state index contributed by atoms with van der Waals surface area (Å²) in [7, 11) is 0. The first kappa shape index (κ1) is 16.5. The number of aryl methyl sites for hydroxylation is 1. The smallest absolute Gasteiger partial charge is 0.223 e. The van der Waals surface area contributed by atoms with E-state index >= 15 is 0 Å². The number of hydrogen-bond donors (Lipinski definition) is 0. The molecule has 0 aliphatic carbocycles. The average molecular weight is 350 g/mol. The minimum absolute atomic E-state index is 0.152. The molecule has 26 heavy (non-hydrogen) atoms. The lowest BCUT2D eigenvalue weighted by molar-refractivity contribution is -0.133. The van der Waals surface area contributed by atoms with Gasteiger partial charge in [-0.05, 0) is 19.4 Å². The van der Waals surface area contributed by atoms with Crippen molar-refractivity contribution in [1.82, 2.24) is 29.4 Å². The molecule has 1 atom stereocenters. The summed E-state index contributed by atoms with van der Waals surface area (Å²) in [5.74, 6) is 1.89. The van der Waals surface area contributed by atoms with Crippen molar-refractivity contribution in [2.24, 2.45) is 0 Å². The summed E-state index contributed by atoms with van der Waals surface area (Å²) in [6.45, 7) is 4.08. The van der Waals surface area contributed by atoms with Crippen LogP contribution in [0.5, 0.6) is 0 Å². The molecule has 1 aliphatic rings. The number of aromatic nitrogens is 5. The fourth-order valence-electron chi connectivity index (χ4n) is 3.49. The molecule has 2 aromatic heterocycles. The second kappa shape index (κ2) is 7.11. The topological polar surface area (TPSA) is 68.8 Å². The molecule has 3 aromatic rings. The van der Waals surface area contributed by atoms with Crippen molar-refractivity contribution in [1.29, 1.82) is 0 Å². The van der Waals surface area contributed by atoms with Crippen LogP contribution in [-0.2, 0) is 17.9 Å². The maximum absolute atomic E-state index is 12.6. The number of benzene rings is 1. The van der Waals surface area contributed by atoms with Gasteiger partial charge >= 0.3 is 0 Å². The Morgan fingerprint density at radius 2 is 2.04 bits per heavy atom. The lowest BCUT2D eigenvalue weighted by Crippen LogP contribution is -2.40. The molecule has 0 spiro atoms. The summed E-state index contributed by atoms with van der Waals surface area (Å²) in [5.41, 5.74) is 1.05. The Kier molecular flexibility index (Phi) is 4.51. The van der Waals surface area contributed by atoms with Crippen LogP contribution in [0.1, 0.15) is 31.6 Å². The van der Waals surface area contributed by atoms with Crippen LogP contribution < -0.4 is 0 Å². The highest BCUT2D eigenvalue weighted by molar-refractivity contribution is 5.76. The van der Waals surface area contributed by atoms with Gasteiger partial charge in [0.15, 0.2) is 11.6 Å². The molecule has 7 nitrogen and oxygen atoms in total. The van der Waals surface area contributed by atoms with Gasteiger partial charge in [0, 0.05) is 37.5 Å². The molecule has 1 aliphatic heterocycles. The van der Waals surface area contributed by atoms with E-state index < -0.39 is 0 Å². The monoisotopic (exact) mass is 350 g/mol. The molecule has 0 unspecified atom stereocenters. The van der Waals surface area contributed by atoms with Crippen molar-refractivity contribution >= 4 is 5.91 Å². The number of carbonyl (C=O) groups excluding carboxylic acids is 1. The van der Waals surface area contributed by atoms with Crippen LogP contribution in [0.4, 0.5) is 0 Å². The fourth-order valence-corrected chi connectivity index (χ4v) is 3.49. The summed E-state index contributed by atoms with van der Waals surface area (Å²) in [6.07, 6.45) is 4.98. The Morgan fingerprint density at radius 3 is 2.81 bits per heavy atom. The molecule has 3 heterocycles. The van der Waals surface area contributed by atoms with E-state index in [-0.39, 0.29) is 11.9 Å². The maximum atomic E-state index is 12.6. The number of rotatable bonds is 5. The zero-order valence-electron chi connectivity index (χ0n) is 14.8. The minimum Gasteiger partial charge on any atom is -0.333 e. The molecule has 0 radical (unpaired) electrons. The third-order valence-corrected chi connectivity index (χ3v) is 4.75. The van der Waals surface area contributed by atoms with Crippen molar-refractivity contribution in [2.45, 2.75) is 38.9 Å². The van der Waals surface area contributed by atoms with Crippen molar-refractivity contribution < 1.29 is 4.79 Å². The summed E-state index contributed by atoms with van der Waals surface area (Å²) in [4.78, 5) is 14.5. The van der Waals surface area contributed by atoms with Gasteiger partial charge < -0.3 is 9.47 Å². The first-order valence-electron chi connectivity index (χ1n) is 8.97. The number of nitrogens with zero attached hydrogens (tertiary/aromatic N) is 6. The van der Waals surface area contributed by atoms with E-state index in [2.05, 4.69) is 26.8 Å². The van der Waals surface area contributed by atoms with Gasteiger partial charge in [-0.2, -0.15) is 5.10 Å². The lowest BCUT2D eigenvalue weighted by atomic mass is 10.1. The van der Waals surface area contributed by atoms with E-state index in [1.54, 1.807) is 6.20 Å². The molecule has 134 valence electrons. The summed E-state index contributed by atoms with van der Waals surface area (Å²) < 4.78 is 4.01. The van der Waals surface area contributed by atoms with Gasteiger partial charge in [0.25, 0.3) is 0 Å². The van der Waals surface area contributed by atoms with Crippen LogP contribution in [0.2, 0.25) is 0 Å². The van der Waals surface area contributed by atoms with Crippen LogP contribution >= 0.6 is 0 Å². The molecule has 1 aromatic carbocycles. The van der Waals surface area contributed by atoms with Crippen LogP contribution in [0.3, 0.4) is 0 Å². The highest BCUT2D eigenvalue weighted by atomic mass is 16.2. The molecule has 0 saturated carbocycles. The normalized spacial score (nSPS) is 16.5. The van der Waals surface area contributed by atoms with Gasteiger partial charge in [-0.15, -0.1) is 10.2 Å². The number of hydrogen-bond acceptors (Lipinski definition) is 4. The summed E-state index contributed by atoms with van der Waals surface area (Å²) >= 11 is 0. The third kappa shape index (κ3) is 3.24. The van der Waals surface area contributed by atoms with Crippen LogP contribution in [0.25, 0.3) is 11.4 Å². The zero-order valence-corrected chi connectivity index (χ0v) is 14.8. The van der Waals surface area contributed by atoms with Gasteiger partial charge in [-0.3, -0.25) is 9.48 Å². The molecule has 1 amide bonds. The van der Waals surface area contributed by atoms with Crippen LogP contribution in [0, 0.1) is 0 Å². The SMILES string of the molecule is C[C@H]1CN(C(=O)CCCn2cccn2)Cc2nnc(-c3ccccc3)n21. The van der Waals surface area contributed by atoms with Crippen LogP contribution in [0.15, 0.2) is 48.8 Å². The average Bonchev–Trinajstić information content (AvgIpc) is 3.32. The zero-order chi connectivity index (χ0) is 17.9. The van der Waals surface area contributed by atoms with E-state index in [9.17, 15) is 4.79 Å².